The van der Waals surface area contributed by atoms with Gasteiger partial charge in [-0.1, -0.05) is 30.3 Å². The second-order valence-corrected chi connectivity index (χ2v) is 5.86. The van der Waals surface area contributed by atoms with Crippen LogP contribution in [0.4, 0.5) is 0 Å². The quantitative estimate of drug-likeness (QED) is 0.688. The van der Waals surface area contributed by atoms with Crippen LogP contribution < -0.4 is 0 Å². The summed E-state index contributed by atoms with van der Waals surface area (Å²) >= 11 is 2.28. The monoisotopic (exact) mass is 392 g/mol. The van der Waals surface area contributed by atoms with Gasteiger partial charge in [0.05, 0.1) is 17.5 Å². The van der Waals surface area contributed by atoms with Crippen LogP contribution >= 0.6 is 22.6 Å². The van der Waals surface area contributed by atoms with Gasteiger partial charge in [-0.2, -0.15) is 0 Å². The summed E-state index contributed by atoms with van der Waals surface area (Å²) in [6, 6.07) is 15.8. The first-order valence-electron chi connectivity index (χ1n) is 6.59. The number of benzene rings is 2. The van der Waals surface area contributed by atoms with Crippen LogP contribution in [0.15, 0.2) is 48.5 Å². The van der Waals surface area contributed by atoms with Gasteiger partial charge in [0.1, 0.15) is 5.82 Å². The van der Waals surface area contributed by atoms with Crippen LogP contribution in [0.5, 0.6) is 0 Å². The molecule has 3 rings (SSSR count). The summed E-state index contributed by atoms with van der Waals surface area (Å²) in [6.45, 7) is 0.413. The van der Waals surface area contributed by atoms with Crippen molar-refractivity contribution < 1.29 is 9.90 Å². The molecule has 0 amide bonds. The largest absolute Gasteiger partial charge is 0.481 e. The Labute approximate surface area is 135 Å². The fraction of sp³-hybridized carbons (Fsp3) is 0.125. The Hall–Kier alpha value is -1.89. The number of hydrogen-bond donors (Lipinski definition) is 1. The van der Waals surface area contributed by atoms with E-state index in [9.17, 15) is 4.79 Å². The predicted molar refractivity (Wildman–Crippen MR) is 90.1 cm³/mol. The lowest BCUT2D eigenvalue weighted by Crippen LogP contribution is -2.06. The van der Waals surface area contributed by atoms with Crippen LogP contribution in [0.1, 0.15) is 6.42 Å². The summed E-state index contributed by atoms with van der Waals surface area (Å²) in [4.78, 5) is 15.6. The number of nitrogens with zero attached hydrogens (tertiary/aromatic N) is 2. The third kappa shape index (κ3) is 2.78. The molecule has 1 aromatic heterocycles. The van der Waals surface area contributed by atoms with Crippen LogP contribution in [0.2, 0.25) is 0 Å². The number of hydrogen-bond acceptors (Lipinski definition) is 2. The fourth-order valence-electron chi connectivity index (χ4n) is 2.36. The van der Waals surface area contributed by atoms with Crippen molar-refractivity contribution in [1.82, 2.24) is 9.55 Å². The smallest absolute Gasteiger partial charge is 0.305 e. The average Bonchev–Trinajstić information content (AvgIpc) is 2.84. The summed E-state index contributed by atoms with van der Waals surface area (Å²) < 4.78 is 3.09. The number of imidazole rings is 1. The van der Waals surface area contributed by atoms with Crippen LogP contribution in [0, 0.1) is 3.57 Å². The molecule has 1 N–H and O–H groups in total. The van der Waals surface area contributed by atoms with E-state index < -0.39 is 5.97 Å². The van der Waals surface area contributed by atoms with Crippen molar-refractivity contribution in [2.75, 3.05) is 0 Å². The summed E-state index contributed by atoms with van der Waals surface area (Å²) in [6.07, 6.45) is 0.0801. The van der Waals surface area contributed by atoms with Gasteiger partial charge < -0.3 is 9.67 Å². The third-order valence-electron chi connectivity index (χ3n) is 3.32. The third-order valence-corrected chi connectivity index (χ3v) is 4.26. The molecule has 0 saturated carbocycles. The topological polar surface area (TPSA) is 55.1 Å². The fourth-order valence-corrected chi connectivity index (χ4v) is 2.99. The number of aromatic nitrogens is 2. The second-order valence-electron chi connectivity index (χ2n) is 4.70. The number of carboxylic acid groups (broad SMARTS) is 1. The number of aliphatic carboxylic acids is 1. The lowest BCUT2D eigenvalue weighted by Gasteiger charge is -2.09. The van der Waals surface area contributed by atoms with E-state index in [2.05, 4.69) is 27.6 Å². The highest BCUT2D eigenvalue weighted by Crippen LogP contribution is 2.28. The van der Waals surface area contributed by atoms with E-state index in [0.29, 0.717) is 6.54 Å². The SMILES string of the molecule is O=C(O)CCn1c(-c2ccccc2I)nc2ccccc21. The van der Waals surface area contributed by atoms with E-state index in [-0.39, 0.29) is 6.42 Å². The van der Waals surface area contributed by atoms with Gasteiger partial charge in [0.25, 0.3) is 0 Å². The van der Waals surface area contributed by atoms with Crippen molar-refractivity contribution in [1.29, 1.82) is 0 Å². The van der Waals surface area contributed by atoms with E-state index >= 15 is 0 Å². The lowest BCUT2D eigenvalue weighted by molar-refractivity contribution is -0.137. The number of rotatable bonds is 4. The van der Waals surface area contributed by atoms with Gasteiger partial charge in [-0.25, -0.2) is 4.98 Å². The Balaban J connectivity index is 2.19. The summed E-state index contributed by atoms with van der Waals surface area (Å²) in [5, 5.41) is 8.97. The van der Waals surface area contributed by atoms with Gasteiger partial charge in [-0.3, -0.25) is 4.79 Å². The molecule has 21 heavy (non-hydrogen) atoms. The summed E-state index contributed by atoms with van der Waals surface area (Å²) in [5.74, 6) is 0.0175. The van der Waals surface area contributed by atoms with E-state index in [1.807, 2.05) is 53.1 Å². The minimum atomic E-state index is -0.804. The molecule has 0 spiro atoms. The number of carbonyl (C=O) groups is 1. The number of carboxylic acids is 1. The van der Waals surface area contributed by atoms with Crippen molar-refractivity contribution in [3.63, 3.8) is 0 Å². The Morgan fingerprint density at radius 3 is 2.62 bits per heavy atom. The first kappa shape index (κ1) is 14.1. The molecule has 0 bridgehead atoms. The molecule has 2 aromatic carbocycles. The Kier molecular flexibility index (Phi) is 3.92. The molecular weight excluding hydrogens is 379 g/mol. The highest BCUT2D eigenvalue weighted by molar-refractivity contribution is 14.1. The van der Waals surface area contributed by atoms with Crippen LogP contribution in [0.3, 0.4) is 0 Å². The Bertz CT molecular complexity index is 811. The van der Waals surface area contributed by atoms with E-state index in [0.717, 1.165) is 26.0 Å². The van der Waals surface area contributed by atoms with Crippen molar-refractivity contribution in [3.8, 4) is 11.4 Å². The van der Waals surface area contributed by atoms with Gasteiger partial charge in [0.15, 0.2) is 0 Å². The standard InChI is InChI=1S/C16H13IN2O2/c17-12-6-2-1-5-11(12)16-18-13-7-3-4-8-14(13)19(16)10-9-15(20)21/h1-8H,9-10H2,(H,20,21). The molecule has 0 unspecified atom stereocenters. The maximum Gasteiger partial charge on any atom is 0.305 e. The molecule has 106 valence electrons. The summed E-state index contributed by atoms with van der Waals surface area (Å²) in [7, 11) is 0. The Morgan fingerprint density at radius 1 is 1.14 bits per heavy atom. The van der Waals surface area contributed by atoms with E-state index in [1.165, 1.54) is 0 Å². The van der Waals surface area contributed by atoms with Crippen molar-refractivity contribution in [2.45, 2.75) is 13.0 Å². The molecule has 0 saturated heterocycles. The van der Waals surface area contributed by atoms with Crippen molar-refractivity contribution >= 4 is 39.6 Å². The maximum absolute atomic E-state index is 10.9. The molecule has 5 heteroatoms. The first-order chi connectivity index (χ1) is 10.2. The number of halogens is 1. The highest BCUT2D eigenvalue weighted by Gasteiger charge is 2.14. The van der Waals surface area contributed by atoms with Crippen LogP contribution in [0.25, 0.3) is 22.4 Å². The highest BCUT2D eigenvalue weighted by atomic mass is 127. The van der Waals surface area contributed by atoms with E-state index in [4.69, 9.17) is 5.11 Å². The molecule has 0 aliphatic rings. The molecular formula is C16H13IN2O2. The second kappa shape index (κ2) is 5.85. The molecule has 0 aliphatic carbocycles. The lowest BCUT2D eigenvalue weighted by atomic mass is 10.2. The average molecular weight is 392 g/mol. The van der Waals surface area contributed by atoms with Gasteiger partial charge in [-0.15, -0.1) is 0 Å². The minimum Gasteiger partial charge on any atom is -0.481 e. The van der Waals surface area contributed by atoms with Gasteiger partial charge in [-0.05, 0) is 40.8 Å². The molecule has 4 nitrogen and oxygen atoms in total. The zero-order chi connectivity index (χ0) is 14.8. The van der Waals surface area contributed by atoms with Gasteiger partial charge >= 0.3 is 5.97 Å². The van der Waals surface area contributed by atoms with Gasteiger partial charge in [0, 0.05) is 15.7 Å². The molecule has 3 aromatic rings. The van der Waals surface area contributed by atoms with Crippen LogP contribution in [-0.2, 0) is 11.3 Å². The van der Waals surface area contributed by atoms with Crippen LogP contribution in [-0.4, -0.2) is 20.6 Å². The maximum atomic E-state index is 10.9. The first-order valence-corrected chi connectivity index (χ1v) is 7.66. The zero-order valence-corrected chi connectivity index (χ0v) is 13.3. The van der Waals surface area contributed by atoms with Gasteiger partial charge in [0.2, 0.25) is 0 Å². The number of para-hydroxylation sites is 2. The Morgan fingerprint density at radius 2 is 1.86 bits per heavy atom. The molecule has 0 radical (unpaired) electrons. The molecule has 0 atom stereocenters. The number of aryl methyl sites for hydroxylation is 1. The van der Waals surface area contributed by atoms with Crippen molar-refractivity contribution in [2.24, 2.45) is 0 Å². The predicted octanol–water partition coefficient (Wildman–Crippen LogP) is 3.78. The summed E-state index contributed by atoms with van der Waals surface area (Å²) in [5.41, 5.74) is 2.88. The number of fused-ring (bicyclic) bond motifs is 1. The van der Waals surface area contributed by atoms with E-state index in [1.54, 1.807) is 0 Å². The zero-order valence-electron chi connectivity index (χ0n) is 11.2. The normalized spacial score (nSPS) is 10.9. The molecule has 1 heterocycles. The van der Waals surface area contributed by atoms with Crippen molar-refractivity contribution in [3.05, 3.63) is 52.1 Å². The minimum absolute atomic E-state index is 0.0801. The molecule has 0 fully saturated rings. The molecule has 0 aliphatic heterocycles.